The Balaban J connectivity index is 1.66. The smallest absolute Gasteiger partial charge is 0.257 e. The Morgan fingerprint density at radius 1 is 0.828 bits per heavy atom. The highest BCUT2D eigenvalue weighted by atomic mass is 16.2. The maximum Gasteiger partial charge on any atom is 0.257 e. The SMILES string of the molecule is CC(C)c1ccc(C(C)NC(=O)c2cccc(NC(=O)c3cccnc3)c2)cc1. The summed E-state index contributed by atoms with van der Waals surface area (Å²) in [6.45, 7) is 6.26. The minimum atomic E-state index is -0.269. The van der Waals surface area contributed by atoms with Gasteiger partial charge in [-0.3, -0.25) is 14.6 Å². The van der Waals surface area contributed by atoms with Crippen molar-refractivity contribution in [1.82, 2.24) is 10.3 Å². The van der Waals surface area contributed by atoms with Gasteiger partial charge in [0.15, 0.2) is 0 Å². The fourth-order valence-corrected chi connectivity index (χ4v) is 2.97. The van der Waals surface area contributed by atoms with Gasteiger partial charge in [0.05, 0.1) is 11.6 Å². The normalized spacial score (nSPS) is 11.7. The molecule has 0 spiro atoms. The Bertz CT molecular complexity index is 983. The van der Waals surface area contributed by atoms with Gasteiger partial charge in [-0.1, -0.05) is 44.2 Å². The van der Waals surface area contributed by atoms with E-state index in [1.807, 2.05) is 19.1 Å². The lowest BCUT2D eigenvalue weighted by molar-refractivity contribution is 0.0938. The molecule has 2 amide bonds. The van der Waals surface area contributed by atoms with Gasteiger partial charge in [-0.15, -0.1) is 0 Å². The van der Waals surface area contributed by atoms with Crippen LogP contribution in [0.4, 0.5) is 5.69 Å². The first-order valence-electron chi connectivity index (χ1n) is 9.66. The van der Waals surface area contributed by atoms with Crippen molar-refractivity contribution >= 4 is 17.5 Å². The van der Waals surface area contributed by atoms with Gasteiger partial charge in [0, 0.05) is 23.6 Å². The summed E-state index contributed by atoms with van der Waals surface area (Å²) in [6, 6.07) is 18.4. The molecule has 0 bridgehead atoms. The molecule has 2 aromatic carbocycles. The van der Waals surface area contributed by atoms with Gasteiger partial charge in [0.2, 0.25) is 0 Å². The van der Waals surface area contributed by atoms with Crippen molar-refractivity contribution in [2.45, 2.75) is 32.7 Å². The molecule has 1 atom stereocenters. The molecule has 29 heavy (non-hydrogen) atoms. The summed E-state index contributed by atoms with van der Waals surface area (Å²) < 4.78 is 0. The van der Waals surface area contributed by atoms with E-state index in [1.54, 1.807) is 42.6 Å². The summed E-state index contributed by atoms with van der Waals surface area (Å²) in [5.41, 5.74) is 3.81. The van der Waals surface area contributed by atoms with Crippen molar-refractivity contribution in [3.63, 3.8) is 0 Å². The van der Waals surface area contributed by atoms with Crippen LogP contribution in [0.5, 0.6) is 0 Å². The van der Waals surface area contributed by atoms with E-state index in [4.69, 9.17) is 0 Å². The molecule has 0 aliphatic carbocycles. The predicted octanol–water partition coefficient (Wildman–Crippen LogP) is 4.95. The number of hydrogen-bond donors (Lipinski definition) is 2. The number of nitrogens with zero attached hydrogens (tertiary/aromatic N) is 1. The molecule has 3 aromatic rings. The second kappa shape index (κ2) is 9.15. The van der Waals surface area contributed by atoms with Crippen LogP contribution in [0.2, 0.25) is 0 Å². The highest BCUT2D eigenvalue weighted by molar-refractivity contribution is 6.04. The maximum absolute atomic E-state index is 12.7. The highest BCUT2D eigenvalue weighted by Gasteiger charge is 2.13. The van der Waals surface area contributed by atoms with Crippen LogP contribution in [0.1, 0.15) is 64.6 Å². The third kappa shape index (κ3) is 5.29. The Kier molecular flexibility index (Phi) is 6.39. The van der Waals surface area contributed by atoms with E-state index < -0.39 is 0 Å². The number of aromatic nitrogens is 1. The molecule has 5 heteroatoms. The number of hydrogen-bond acceptors (Lipinski definition) is 3. The largest absolute Gasteiger partial charge is 0.346 e. The molecule has 0 aliphatic rings. The molecule has 0 aliphatic heterocycles. The third-order valence-electron chi connectivity index (χ3n) is 4.76. The summed E-state index contributed by atoms with van der Waals surface area (Å²) in [5.74, 6) is 0.00995. The van der Waals surface area contributed by atoms with Crippen molar-refractivity contribution in [2.75, 3.05) is 5.32 Å². The second-order valence-corrected chi connectivity index (χ2v) is 7.29. The predicted molar refractivity (Wildman–Crippen MR) is 115 cm³/mol. The molecule has 0 fully saturated rings. The summed E-state index contributed by atoms with van der Waals surface area (Å²) >= 11 is 0. The molecule has 5 nitrogen and oxygen atoms in total. The van der Waals surface area contributed by atoms with Crippen molar-refractivity contribution in [3.05, 3.63) is 95.3 Å². The fraction of sp³-hybridized carbons (Fsp3) is 0.208. The number of amides is 2. The number of benzene rings is 2. The van der Waals surface area contributed by atoms with E-state index in [2.05, 4.69) is 41.6 Å². The Hall–Kier alpha value is -3.47. The lowest BCUT2D eigenvalue weighted by Crippen LogP contribution is -2.26. The third-order valence-corrected chi connectivity index (χ3v) is 4.76. The molecule has 2 N–H and O–H groups in total. The van der Waals surface area contributed by atoms with Crippen LogP contribution in [0, 0.1) is 0 Å². The molecule has 1 heterocycles. The topological polar surface area (TPSA) is 71.1 Å². The first-order chi connectivity index (χ1) is 13.9. The summed E-state index contributed by atoms with van der Waals surface area (Å²) in [5, 5.41) is 5.81. The molecule has 0 radical (unpaired) electrons. The molecular formula is C24H25N3O2. The first kappa shape index (κ1) is 20.3. The van der Waals surface area contributed by atoms with Crippen LogP contribution < -0.4 is 10.6 Å². The highest BCUT2D eigenvalue weighted by Crippen LogP contribution is 2.19. The van der Waals surface area contributed by atoms with Crippen LogP contribution in [0.15, 0.2) is 73.1 Å². The second-order valence-electron chi connectivity index (χ2n) is 7.29. The Morgan fingerprint density at radius 2 is 1.52 bits per heavy atom. The van der Waals surface area contributed by atoms with E-state index in [0.29, 0.717) is 22.7 Å². The minimum Gasteiger partial charge on any atom is -0.346 e. The van der Waals surface area contributed by atoms with Crippen LogP contribution in [-0.4, -0.2) is 16.8 Å². The molecule has 148 valence electrons. The number of carbonyl (C=O) groups excluding carboxylic acids is 2. The summed E-state index contributed by atoms with van der Waals surface area (Å²) in [4.78, 5) is 28.9. The van der Waals surface area contributed by atoms with E-state index in [1.165, 1.54) is 11.8 Å². The molecular weight excluding hydrogens is 362 g/mol. The standard InChI is InChI=1S/C24H25N3O2/c1-16(2)18-9-11-19(12-10-18)17(3)26-23(28)20-6-4-8-22(14-20)27-24(29)21-7-5-13-25-15-21/h4-17H,1-3H3,(H,26,28)(H,27,29). The number of carbonyl (C=O) groups is 2. The molecule has 0 saturated carbocycles. The van der Waals surface area contributed by atoms with Gasteiger partial charge in [-0.25, -0.2) is 0 Å². The van der Waals surface area contributed by atoms with Crippen molar-refractivity contribution in [2.24, 2.45) is 0 Å². The van der Waals surface area contributed by atoms with Crippen molar-refractivity contribution in [3.8, 4) is 0 Å². The molecule has 1 aromatic heterocycles. The quantitative estimate of drug-likeness (QED) is 0.629. The zero-order valence-electron chi connectivity index (χ0n) is 16.8. The monoisotopic (exact) mass is 387 g/mol. The zero-order chi connectivity index (χ0) is 20.8. The first-order valence-corrected chi connectivity index (χ1v) is 9.66. The Labute approximate surface area is 171 Å². The minimum absolute atomic E-state index is 0.127. The number of nitrogens with one attached hydrogen (secondary N) is 2. The number of anilines is 1. The number of pyridine rings is 1. The van der Waals surface area contributed by atoms with Crippen molar-refractivity contribution < 1.29 is 9.59 Å². The van der Waals surface area contributed by atoms with Gasteiger partial charge >= 0.3 is 0 Å². The van der Waals surface area contributed by atoms with Gasteiger partial charge in [0.25, 0.3) is 11.8 Å². The Morgan fingerprint density at radius 3 is 2.17 bits per heavy atom. The zero-order valence-corrected chi connectivity index (χ0v) is 16.8. The van der Waals surface area contributed by atoms with E-state index >= 15 is 0 Å². The molecule has 1 unspecified atom stereocenters. The van der Waals surface area contributed by atoms with Crippen molar-refractivity contribution in [1.29, 1.82) is 0 Å². The number of rotatable bonds is 6. The van der Waals surface area contributed by atoms with Crippen LogP contribution in [-0.2, 0) is 0 Å². The van der Waals surface area contributed by atoms with Crippen LogP contribution in [0.25, 0.3) is 0 Å². The summed E-state index contributed by atoms with van der Waals surface area (Å²) in [6.07, 6.45) is 3.11. The van der Waals surface area contributed by atoms with Gasteiger partial charge in [-0.2, -0.15) is 0 Å². The van der Waals surface area contributed by atoms with Gasteiger partial charge in [0.1, 0.15) is 0 Å². The average molecular weight is 387 g/mol. The molecule has 3 rings (SSSR count). The average Bonchev–Trinajstić information content (AvgIpc) is 2.74. The van der Waals surface area contributed by atoms with Gasteiger partial charge < -0.3 is 10.6 Å². The molecule has 0 saturated heterocycles. The summed E-state index contributed by atoms with van der Waals surface area (Å²) in [7, 11) is 0. The lowest BCUT2D eigenvalue weighted by atomic mass is 9.99. The fourth-order valence-electron chi connectivity index (χ4n) is 2.97. The van der Waals surface area contributed by atoms with Crippen LogP contribution >= 0.6 is 0 Å². The maximum atomic E-state index is 12.7. The van der Waals surface area contributed by atoms with E-state index in [-0.39, 0.29) is 17.9 Å². The van der Waals surface area contributed by atoms with Crippen LogP contribution in [0.3, 0.4) is 0 Å². The van der Waals surface area contributed by atoms with E-state index in [9.17, 15) is 9.59 Å². The van der Waals surface area contributed by atoms with Gasteiger partial charge in [-0.05, 0) is 54.3 Å². The lowest BCUT2D eigenvalue weighted by Gasteiger charge is -2.16. The van der Waals surface area contributed by atoms with E-state index in [0.717, 1.165) is 5.56 Å².